The van der Waals surface area contributed by atoms with Crippen molar-refractivity contribution in [3.63, 3.8) is 0 Å². The number of likely N-dealkylation sites (N-methyl/N-ethyl adjacent to an activating group) is 2. The second-order valence-electron chi connectivity index (χ2n) is 8.09. The van der Waals surface area contributed by atoms with Gasteiger partial charge in [0.25, 0.3) is 0 Å². The summed E-state index contributed by atoms with van der Waals surface area (Å²) in [5, 5.41) is 42.0. The first-order valence-corrected chi connectivity index (χ1v) is 8.56. The van der Waals surface area contributed by atoms with Gasteiger partial charge in [-0.05, 0) is 27.2 Å². The van der Waals surface area contributed by atoms with Crippen LogP contribution in [-0.2, 0) is 21.7 Å². The van der Waals surface area contributed by atoms with Crippen molar-refractivity contribution in [3.05, 3.63) is 0 Å². The summed E-state index contributed by atoms with van der Waals surface area (Å²) in [5.41, 5.74) is -1.82. The van der Waals surface area contributed by atoms with Crippen LogP contribution in [0.15, 0.2) is 0 Å². The fourth-order valence-corrected chi connectivity index (χ4v) is 1.80. The van der Waals surface area contributed by atoms with E-state index in [0.717, 1.165) is 13.1 Å². The van der Waals surface area contributed by atoms with Crippen molar-refractivity contribution in [3.8, 4) is 0 Å². The Bertz CT molecular complexity index is 244. The summed E-state index contributed by atoms with van der Waals surface area (Å²) < 4.78 is 0. The molecule has 150 valence electrons. The Balaban J connectivity index is -0.000000205. The number of nitrogens with zero attached hydrogens (tertiary/aromatic N) is 2. The monoisotopic (exact) mass is 396 g/mol. The average molecular weight is 396 g/mol. The van der Waals surface area contributed by atoms with Gasteiger partial charge in [-0.3, -0.25) is 0 Å². The molecule has 0 saturated carbocycles. The fourth-order valence-electron chi connectivity index (χ4n) is 1.80. The fraction of sp³-hybridized carbons (Fsp3) is 1.00. The van der Waals surface area contributed by atoms with E-state index in [0.29, 0.717) is 13.1 Å². The molecule has 0 saturated heterocycles. The minimum atomic E-state index is -0.912. The molecule has 0 aliphatic carbocycles. The van der Waals surface area contributed by atoms with Gasteiger partial charge in [-0.1, -0.05) is 55.4 Å². The van der Waals surface area contributed by atoms with Crippen LogP contribution >= 0.6 is 0 Å². The summed E-state index contributed by atoms with van der Waals surface area (Å²) >= 11 is 0. The molecule has 0 rings (SSSR count). The quantitative estimate of drug-likeness (QED) is 0.493. The summed E-state index contributed by atoms with van der Waals surface area (Å²) in [4.78, 5) is 4.03. The van der Waals surface area contributed by atoms with Gasteiger partial charge in [0.1, 0.15) is 0 Å². The predicted molar refractivity (Wildman–Crippen MR) is 93.4 cm³/mol. The van der Waals surface area contributed by atoms with Crippen LogP contribution in [0.4, 0.5) is 0 Å². The maximum atomic E-state index is 11.5. The molecule has 0 unspecified atom stereocenters. The summed E-state index contributed by atoms with van der Waals surface area (Å²) in [6, 6.07) is 0. The van der Waals surface area contributed by atoms with Crippen LogP contribution in [0.2, 0.25) is 0 Å². The van der Waals surface area contributed by atoms with E-state index in [1.54, 1.807) is 55.4 Å². The molecule has 0 aromatic carbocycles. The van der Waals surface area contributed by atoms with Gasteiger partial charge in [0.2, 0.25) is 0 Å². The van der Waals surface area contributed by atoms with E-state index in [-0.39, 0.29) is 21.7 Å². The van der Waals surface area contributed by atoms with E-state index in [4.69, 9.17) is 0 Å². The van der Waals surface area contributed by atoms with Crippen LogP contribution < -0.4 is 20.4 Å². The van der Waals surface area contributed by atoms with Gasteiger partial charge >= 0.3 is 21.7 Å². The van der Waals surface area contributed by atoms with Crippen molar-refractivity contribution < 1.29 is 42.1 Å². The van der Waals surface area contributed by atoms with Crippen molar-refractivity contribution in [2.75, 3.05) is 40.3 Å². The van der Waals surface area contributed by atoms with E-state index >= 15 is 0 Å². The van der Waals surface area contributed by atoms with E-state index in [9.17, 15) is 20.4 Å². The molecule has 7 heteroatoms. The van der Waals surface area contributed by atoms with Crippen LogP contribution in [0.3, 0.4) is 0 Å². The minimum Gasteiger partial charge on any atom is -0.852 e. The molecule has 0 radical (unpaired) electrons. The maximum Gasteiger partial charge on any atom is 4.00 e. The zero-order valence-electron chi connectivity index (χ0n) is 18.0. The van der Waals surface area contributed by atoms with Crippen molar-refractivity contribution in [1.82, 2.24) is 9.80 Å². The smallest absolute Gasteiger partial charge is 0.852 e. The summed E-state index contributed by atoms with van der Waals surface area (Å²) in [6.07, 6.45) is -0.833. The summed E-state index contributed by atoms with van der Waals surface area (Å²) in [7, 11) is 3.88. The Labute approximate surface area is 171 Å². The van der Waals surface area contributed by atoms with Crippen LogP contribution in [0, 0.1) is 0 Å². The predicted octanol–water partition coefficient (Wildman–Crippen LogP) is -1.36. The molecule has 0 amide bonds. The Kier molecular flexibility index (Phi) is 22.0. The SMILES string of the molecule is CC(C)[O-].CC(C)[O-].CN(CCN(C)CC(C)(C)[O-])CC(C)(C)[O-].[Ti+4]. The van der Waals surface area contributed by atoms with Crippen LogP contribution in [0.25, 0.3) is 0 Å². The van der Waals surface area contributed by atoms with Crippen LogP contribution in [0.5, 0.6) is 0 Å². The van der Waals surface area contributed by atoms with Crippen molar-refractivity contribution in [1.29, 1.82) is 0 Å². The van der Waals surface area contributed by atoms with Crippen LogP contribution in [-0.4, -0.2) is 73.5 Å². The van der Waals surface area contributed by atoms with Crippen LogP contribution in [0.1, 0.15) is 55.4 Å². The van der Waals surface area contributed by atoms with Gasteiger partial charge in [0.05, 0.1) is 0 Å². The molecule has 0 heterocycles. The van der Waals surface area contributed by atoms with E-state index in [1.807, 2.05) is 23.9 Å². The first-order valence-electron chi connectivity index (χ1n) is 8.56. The normalized spacial score (nSPS) is 11.8. The number of rotatable bonds is 7. The molecule has 0 spiro atoms. The van der Waals surface area contributed by atoms with Gasteiger partial charge < -0.3 is 30.2 Å². The zero-order valence-corrected chi connectivity index (χ0v) is 19.6. The second-order valence-corrected chi connectivity index (χ2v) is 8.09. The summed E-state index contributed by atoms with van der Waals surface area (Å²) in [5.74, 6) is 0. The Morgan fingerprint density at radius 2 is 0.840 bits per heavy atom. The third-order valence-corrected chi connectivity index (χ3v) is 2.16. The van der Waals surface area contributed by atoms with E-state index in [1.165, 1.54) is 0 Å². The van der Waals surface area contributed by atoms with Gasteiger partial charge in [0, 0.05) is 13.1 Å². The molecule has 0 atom stereocenters. The third kappa shape index (κ3) is 51.6. The molecule has 0 aliphatic rings. The van der Waals surface area contributed by atoms with Gasteiger partial charge in [-0.2, -0.15) is 0 Å². The largest absolute Gasteiger partial charge is 4.00 e. The molecule has 0 fully saturated rings. The Morgan fingerprint density at radius 3 is 0.960 bits per heavy atom. The molecule has 0 aromatic heterocycles. The van der Waals surface area contributed by atoms with Gasteiger partial charge in [0.15, 0.2) is 0 Å². The molecule has 6 nitrogen and oxygen atoms in total. The topological polar surface area (TPSA) is 98.7 Å². The minimum absolute atomic E-state index is 0. The molecular formula is C18H40N2O4Ti. The summed E-state index contributed by atoms with van der Waals surface area (Å²) in [6.45, 7) is 15.9. The first-order chi connectivity index (χ1) is 10.5. The van der Waals surface area contributed by atoms with E-state index < -0.39 is 23.4 Å². The van der Waals surface area contributed by atoms with Gasteiger partial charge in [-0.25, -0.2) is 0 Å². The molecule has 0 aromatic rings. The molecule has 25 heavy (non-hydrogen) atoms. The molecular weight excluding hydrogens is 356 g/mol. The Hall–Kier alpha value is 0.474. The first kappa shape index (κ1) is 33.1. The van der Waals surface area contributed by atoms with Crippen molar-refractivity contribution in [2.45, 2.75) is 78.8 Å². The number of hydrogen-bond donors (Lipinski definition) is 0. The van der Waals surface area contributed by atoms with Crippen molar-refractivity contribution in [2.24, 2.45) is 0 Å². The van der Waals surface area contributed by atoms with Crippen molar-refractivity contribution >= 4 is 0 Å². The number of hydrogen-bond acceptors (Lipinski definition) is 6. The van der Waals surface area contributed by atoms with E-state index in [2.05, 4.69) is 0 Å². The zero-order chi connectivity index (χ0) is 20.1. The second kappa shape index (κ2) is 16.6. The molecule has 0 bridgehead atoms. The third-order valence-electron chi connectivity index (χ3n) is 2.16. The molecule has 0 N–H and O–H groups in total. The Morgan fingerprint density at radius 1 is 0.680 bits per heavy atom. The van der Waals surface area contributed by atoms with Gasteiger partial charge in [-0.15, -0.1) is 23.4 Å². The standard InChI is InChI=1S/C12H26N2O2.2C3H7O.Ti/c1-11(2,15)9-13(5)7-8-14(6)10-12(3,4)16;2*1-3(2)4;/h7-10H2,1-6H3;2*3H,1-2H3;/q-2;2*-1;+4. The maximum absolute atomic E-state index is 11.5. The molecule has 0 aliphatic heterocycles. The average Bonchev–Trinajstić information content (AvgIpc) is 2.19.